The lowest BCUT2D eigenvalue weighted by molar-refractivity contribution is 0.0395. The molecule has 0 radical (unpaired) electrons. The molecule has 2 rings (SSSR count). The van der Waals surface area contributed by atoms with Gasteiger partial charge in [0.25, 0.3) is 0 Å². The van der Waals surface area contributed by atoms with E-state index in [0.717, 1.165) is 12.3 Å². The second kappa shape index (κ2) is 6.27. The predicted molar refractivity (Wildman–Crippen MR) is 83.8 cm³/mol. The van der Waals surface area contributed by atoms with Crippen molar-refractivity contribution in [2.45, 2.75) is 50.6 Å². The minimum atomic E-state index is 0.254. The monoisotopic (exact) mass is 278 g/mol. The molecule has 1 aliphatic carbocycles. The van der Waals surface area contributed by atoms with Gasteiger partial charge in [-0.05, 0) is 46.0 Å². The van der Waals surface area contributed by atoms with Crippen molar-refractivity contribution in [3.8, 4) is 0 Å². The first kappa shape index (κ1) is 15.5. The van der Waals surface area contributed by atoms with Gasteiger partial charge < -0.3 is 10.2 Å². The number of hydrogen-bond acceptors (Lipinski definition) is 3. The van der Waals surface area contributed by atoms with Gasteiger partial charge in [0.2, 0.25) is 0 Å². The first-order chi connectivity index (χ1) is 9.48. The van der Waals surface area contributed by atoms with Crippen LogP contribution in [0.1, 0.15) is 38.3 Å². The highest BCUT2D eigenvalue weighted by Gasteiger charge is 2.43. The van der Waals surface area contributed by atoms with E-state index in [4.69, 9.17) is 0 Å². The molecular formula is C16H30N4. The van der Waals surface area contributed by atoms with Gasteiger partial charge in [-0.15, -0.1) is 0 Å². The first-order valence-corrected chi connectivity index (χ1v) is 7.81. The Kier molecular flexibility index (Phi) is 4.86. The summed E-state index contributed by atoms with van der Waals surface area (Å²) in [5, 5.41) is 8.14. The summed E-state index contributed by atoms with van der Waals surface area (Å²) in [6.07, 6.45) is 8.30. The molecule has 1 N–H and O–H groups in total. The molecule has 114 valence electrons. The molecule has 3 atom stereocenters. The summed E-state index contributed by atoms with van der Waals surface area (Å²) in [4.78, 5) is 2.45. The van der Waals surface area contributed by atoms with E-state index in [-0.39, 0.29) is 5.54 Å². The van der Waals surface area contributed by atoms with Crippen LogP contribution < -0.4 is 5.32 Å². The van der Waals surface area contributed by atoms with Crippen LogP contribution in [0.15, 0.2) is 12.3 Å². The fraction of sp³-hybridized carbons (Fsp3) is 0.812. The van der Waals surface area contributed by atoms with Crippen molar-refractivity contribution in [1.82, 2.24) is 20.0 Å². The zero-order valence-corrected chi connectivity index (χ0v) is 13.7. The molecule has 1 aliphatic rings. The van der Waals surface area contributed by atoms with Crippen LogP contribution in [-0.4, -0.2) is 47.4 Å². The normalized spacial score (nSPS) is 28.8. The van der Waals surface area contributed by atoms with E-state index in [0.29, 0.717) is 6.04 Å². The third kappa shape index (κ3) is 3.07. The molecule has 1 saturated carbocycles. The van der Waals surface area contributed by atoms with Crippen molar-refractivity contribution in [1.29, 1.82) is 0 Å². The Morgan fingerprint density at radius 2 is 2.30 bits per heavy atom. The molecule has 1 aromatic rings. The summed E-state index contributed by atoms with van der Waals surface area (Å²) in [5.41, 5.74) is 1.44. The van der Waals surface area contributed by atoms with Crippen LogP contribution in [0.25, 0.3) is 0 Å². The fourth-order valence-electron chi connectivity index (χ4n) is 3.94. The molecule has 20 heavy (non-hydrogen) atoms. The lowest BCUT2D eigenvalue weighted by Crippen LogP contribution is -2.61. The maximum atomic E-state index is 4.56. The minimum absolute atomic E-state index is 0.254. The lowest BCUT2D eigenvalue weighted by atomic mass is 9.70. The van der Waals surface area contributed by atoms with Gasteiger partial charge in [-0.25, -0.2) is 0 Å². The Bertz CT molecular complexity index is 426. The maximum absolute atomic E-state index is 4.56. The Balaban J connectivity index is 2.20. The number of rotatable bonds is 5. The van der Waals surface area contributed by atoms with Gasteiger partial charge in [0, 0.05) is 31.2 Å². The molecule has 4 nitrogen and oxygen atoms in total. The number of aromatic nitrogens is 2. The van der Waals surface area contributed by atoms with Gasteiger partial charge in [-0.2, -0.15) is 5.10 Å². The van der Waals surface area contributed by atoms with Crippen LogP contribution in [0.5, 0.6) is 0 Å². The quantitative estimate of drug-likeness (QED) is 0.895. The summed E-state index contributed by atoms with van der Waals surface area (Å²) in [6.45, 7) is 2.39. The topological polar surface area (TPSA) is 33.1 Å². The summed E-state index contributed by atoms with van der Waals surface area (Å²) >= 11 is 0. The van der Waals surface area contributed by atoms with Crippen LogP contribution in [0.3, 0.4) is 0 Å². The standard InChI is InChI=1S/C16H30N4/c1-13-7-6-9-16(12-13,19(3)4)15(17-2)11-14-8-10-20(5)18-14/h8,10,13,15,17H,6-7,9,11-12H2,1-5H3. The molecule has 0 amide bonds. The molecule has 0 aliphatic heterocycles. The average molecular weight is 278 g/mol. The van der Waals surface area contributed by atoms with Crippen LogP contribution in [0.2, 0.25) is 0 Å². The van der Waals surface area contributed by atoms with E-state index in [1.807, 2.05) is 17.9 Å². The molecule has 0 aromatic carbocycles. The van der Waals surface area contributed by atoms with E-state index in [2.05, 4.69) is 49.4 Å². The number of nitrogens with one attached hydrogen (secondary N) is 1. The zero-order chi connectivity index (χ0) is 14.8. The van der Waals surface area contributed by atoms with Crippen molar-refractivity contribution in [2.24, 2.45) is 13.0 Å². The third-order valence-corrected chi connectivity index (χ3v) is 5.08. The van der Waals surface area contributed by atoms with Crippen LogP contribution in [-0.2, 0) is 13.5 Å². The minimum Gasteiger partial charge on any atom is -0.315 e. The smallest absolute Gasteiger partial charge is 0.0640 e. The first-order valence-electron chi connectivity index (χ1n) is 7.81. The lowest BCUT2D eigenvalue weighted by Gasteiger charge is -2.50. The zero-order valence-electron chi connectivity index (χ0n) is 13.7. The highest BCUT2D eigenvalue weighted by molar-refractivity contribution is 5.09. The second-order valence-corrected chi connectivity index (χ2v) is 6.73. The van der Waals surface area contributed by atoms with Gasteiger partial charge in [0.15, 0.2) is 0 Å². The Hall–Kier alpha value is -0.870. The summed E-state index contributed by atoms with van der Waals surface area (Å²) in [7, 11) is 8.56. The molecule has 0 saturated heterocycles. The summed E-state index contributed by atoms with van der Waals surface area (Å²) < 4.78 is 1.90. The van der Waals surface area contributed by atoms with Gasteiger partial charge in [0.1, 0.15) is 0 Å². The Morgan fingerprint density at radius 1 is 1.55 bits per heavy atom. The van der Waals surface area contributed by atoms with Crippen molar-refractivity contribution in [3.05, 3.63) is 18.0 Å². The number of nitrogens with zero attached hydrogens (tertiary/aromatic N) is 3. The van der Waals surface area contributed by atoms with E-state index in [9.17, 15) is 0 Å². The number of likely N-dealkylation sites (N-methyl/N-ethyl adjacent to an activating group) is 2. The molecule has 1 fully saturated rings. The largest absolute Gasteiger partial charge is 0.315 e. The van der Waals surface area contributed by atoms with Gasteiger partial charge in [0.05, 0.1) is 5.69 Å². The second-order valence-electron chi connectivity index (χ2n) is 6.73. The molecule has 1 aromatic heterocycles. The predicted octanol–water partition coefficient (Wildman–Crippen LogP) is 2.06. The fourth-order valence-corrected chi connectivity index (χ4v) is 3.94. The van der Waals surface area contributed by atoms with Crippen molar-refractivity contribution in [2.75, 3.05) is 21.1 Å². The highest BCUT2D eigenvalue weighted by atomic mass is 15.3. The van der Waals surface area contributed by atoms with Crippen molar-refractivity contribution in [3.63, 3.8) is 0 Å². The van der Waals surface area contributed by atoms with Crippen molar-refractivity contribution >= 4 is 0 Å². The maximum Gasteiger partial charge on any atom is 0.0640 e. The molecule has 4 heteroatoms. The van der Waals surface area contributed by atoms with Gasteiger partial charge in [-0.3, -0.25) is 4.68 Å². The average Bonchev–Trinajstić information content (AvgIpc) is 2.81. The van der Waals surface area contributed by atoms with Crippen molar-refractivity contribution < 1.29 is 0 Å². The van der Waals surface area contributed by atoms with Crippen LogP contribution in [0.4, 0.5) is 0 Å². The third-order valence-electron chi connectivity index (χ3n) is 5.08. The summed E-state index contributed by atoms with van der Waals surface area (Å²) in [6, 6.07) is 2.59. The van der Waals surface area contributed by atoms with E-state index in [1.54, 1.807) is 0 Å². The molecule has 1 heterocycles. The van der Waals surface area contributed by atoms with Gasteiger partial charge >= 0.3 is 0 Å². The molecule has 3 unspecified atom stereocenters. The molecule has 0 spiro atoms. The van der Waals surface area contributed by atoms with E-state index < -0.39 is 0 Å². The molecular weight excluding hydrogens is 248 g/mol. The highest BCUT2D eigenvalue weighted by Crippen LogP contribution is 2.38. The van der Waals surface area contributed by atoms with Crippen LogP contribution >= 0.6 is 0 Å². The number of aryl methyl sites for hydroxylation is 1. The van der Waals surface area contributed by atoms with Gasteiger partial charge in [-0.1, -0.05) is 19.8 Å². The van der Waals surface area contributed by atoms with E-state index in [1.165, 1.54) is 31.4 Å². The van der Waals surface area contributed by atoms with E-state index >= 15 is 0 Å². The Morgan fingerprint density at radius 3 is 2.80 bits per heavy atom. The number of hydrogen-bond donors (Lipinski definition) is 1. The SMILES string of the molecule is CNC(Cc1ccn(C)n1)C1(N(C)C)CCCC(C)C1. The van der Waals surface area contributed by atoms with Crippen LogP contribution in [0, 0.1) is 5.92 Å². The Labute approximate surface area is 123 Å². The summed E-state index contributed by atoms with van der Waals surface area (Å²) in [5.74, 6) is 0.811. The molecule has 0 bridgehead atoms.